The second-order valence-electron chi connectivity index (χ2n) is 9.33. The first-order valence-electron chi connectivity index (χ1n) is 12.9. The number of anilines is 2. The number of carbonyl (C=O) groups excluding carboxylic acids is 2. The predicted octanol–water partition coefficient (Wildman–Crippen LogP) is 4.16. The highest BCUT2D eigenvalue weighted by molar-refractivity contribution is 5.99. The van der Waals surface area contributed by atoms with Crippen molar-refractivity contribution in [2.24, 2.45) is 0 Å². The van der Waals surface area contributed by atoms with Crippen LogP contribution in [0.3, 0.4) is 0 Å². The third-order valence-electron chi connectivity index (χ3n) is 6.26. The molecule has 3 heterocycles. The average molecular weight is 591 g/mol. The summed E-state index contributed by atoms with van der Waals surface area (Å²) in [6.45, 7) is 4.97. The normalized spacial score (nSPS) is 17.3. The summed E-state index contributed by atoms with van der Waals surface area (Å²) < 4.78 is 67.7. The fraction of sp³-hybridized carbons (Fsp3) is 0.296. The molecular weight excluding hydrogens is 564 g/mol. The number of hydrogen-bond acceptors (Lipinski definition) is 8. The maximum absolute atomic E-state index is 14.0. The van der Waals surface area contributed by atoms with Gasteiger partial charge >= 0.3 is 18.4 Å². The number of piperazine rings is 1. The van der Waals surface area contributed by atoms with Crippen molar-refractivity contribution in [3.63, 3.8) is 0 Å². The molecule has 11 nitrogen and oxygen atoms in total. The summed E-state index contributed by atoms with van der Waals surface area (Å²) in [5.74, 6) is -0.302. The third-order valence-corrected chi connectivity index (χ3v) is 6.26. The van der Waals surface area contributed by atoms with Gasteiger partial charge in [-0.05, 0) is 48.5 Å². The summed E-state index contributed by atoms with van der Waals surface area (Å²) in [6, 6.07) is 11.3. The molecule has 0 unspecified atom stereocenters. The van der Waals surface area contributed by atoms with Crippen LogP contribution in [-0.2, 0) is 10.8 Å². The lowest BCUT2D eigenvalue weighted by molar-refractivity contribution is -0.461. The van der Waals surface area contributed by atoms with Gasteiger partial charge < -0.3 is 30.7 Å². The molecule has 4 N–H and O–H groups in total. The minimum Gasteiger partial charge on any atom is -0.457 e. The Kier molecular flexibility index (Phi) is 8.42. The number of nitrogens with zero attached hydrogens (tertiary/aromatic N) is 2. The zero-order chi connectivity index (χ0) is 29.7. The van der Waals surface area contributed by atoms with E-state index in [0.29, 0.717) is 23.7 Å². The van der Waals surface area contributed by atoms with E-state index in [9.17, 15) is 27.2 Å². The van der Waals surface area contributed by atoms with E-state index in [-0.39, 0.29) is 17.3 Å². The Morgan fingerprint density at radius 3 is 2.43 bits per heavy atom. The summed E-state index contributed by atoms with van der Waals surface area (Å²) in [6.07, 6.45) is -7.36. The van der Waals surface area contributed by atoms with Crippen molar-refractivity contribution in [1.29, 1.82) is 0 Å². The first-order chi connectivity index (χ1) is 20.1. The van der Waals surface area contributed by atoms with Crippen LogP contribution in [0.1, 0.15) is 16.1 Å². The zero-order valence-electron chi connectivity index (χ0n) is 22.0. The van der Waals surface area contributed by atoms with E-state index in [1.165, 1.54) is 24.4 Å². The van der Waals surface area contributed by atoms with Crippen LogP contribution in [0, 0.1) is 0 Å². The Labute approximate surface area is 237 Å². The summed E-state index contributed by atoms with van der Waals surface area (Å²) in [7, 11) is 0. The number of pyridine rings is 1. The van der Waals surface area contributed by atoms with Crippen molar-refractivity contribution >= 4 is 23.3 Å². The number of halogens is 4. The van der Waals surface area contributed by atoms with Gasteiger partial charge in [-0.15, -0.1) is 8.78 Å². The molecule has 0 spiro atoms. The molecule has 15 heteroatoms. The second-order valence-corrected chi connectivity index (χ2v) is 9.33. The Hall–Kier alpha value is -4.47. The maximum atomic E-state index is 14.0. The van der Waals surface area contributed by atoms with Gasteiger partial charge in [-0.25, -0.2) is 9.53 Å². The van der Waals surface area contributed by atoms with Crippen molar-refractivity contribution in [3.8, 4) is 17.2 Å². The molecule has 1 saturated heterocycles. The van der Waals surface area contributed by atoms with E-state index in [0.717, 1.165) is 50.9 Å². The SMILES string of the molecule is O=C(Nc1ccc(Oc2ccnc(C(=O)NCCN3CCNCC3)c2)cc1)Nc1ccc2c(c1)C(F)(F)OC(F)(F)O2. The molecule has 1 fully saturated rings. The molecule has 2 aliphatic heterocycles. The molecule has 0 saturated carbocycles. The van der Waals surface area contributed by atoms with Gasteiger partial charge in [0.05, 0.1) is 5.56 Å². The number of ether oxygens (including phenoxy) is 3. The van der Waals surface area contributed by atoms with Crippen LogP contribution < -0.4 is 30.7 Å². The van der Waals surface area contributed by atoms with E-state index in [1.54, 1.807) is 18.2 Å². The third kappa shape index (κ3) is 7.43. The lowest BCUT2D eigenvalue weighted by atomic mass is 10.1. The van der Waals surface area contributed by atoms with Crippen molar-refractivity contribution in [2.75, 3.05) is 49.9 Å². The van der Waals surface area contributed by atoms with Crippen molar-refractivity contribution < 1.29 is 41.4 Å². The number of nitrogens with one attached hydrogen (secondary N) is 4. The lowest BCUT2D eigenvalue weighted by Crippen LogP contribution is -2.46. The summed E-state index contributed by atoms with van der Waals surface area (Å²) in [4.78, 5) is 31.3. The molecule has 222 valence electrons. The van der Waals surface area contributed by atoms with E-state index in [2.05, 4.69) is 40.6 Å². The Balaban J connectivity index is 1.13. The number of carbonyl (C=O) groups is 2. The number of hydrogen-bond donors (Lipinski definition) is 4. The van der Waals surface area contributed by atoms with Crippen LogP contribution in [0.2, 0.25) is 0 Å². The van der Waals surface area contributed by atoms with Crippen LogP contribution >= 0.6 is 0 Å². The second kappa shape index (κ2) is 12.2. The van der Waals surface area contributed by atoms with Gasteiger partial charge in [0.2, 0.25) is 0 Å². The largest absolute Gasteiger partial charge is 0.540 e. The molecule has 5 rings (SSSR count). The van der Waals surface area contributed by atoms with Crippen LogP contribution in [0.4, 0.5) is 33.7 Å². The fourth-order valence-electron chi connectivity index (χ4n) is 4.26. The Morgan fingerprint density at radius 2 is 1.67 bits per heavy atom. The Bertz CT molecular complexity index is 1440. The Morgan fingerprint density at radius 1 is 0.952 bits per heavy atom. The lowest BCUT2D eigenvalue weighted by Gasteiger charge is -2.30. The van der Waals surface area contributed by atoms with Gasteiger partial charge in [0.15, 0.2) is 0 Å². The fourth-order valence-corrected chi connectivity index (χ4v) is 4.26. The van der Waals surface area contributed by atoms with Crippen LogP contribution in [-0.4, -0.2) is 67.4 Å². The highest BCUT2D eigenvalue weighted by Gasteiger charge is 2.54. The summed E-state index contributed by atoms with van der Waals surface area (Å²) in [5.41, 5.74) is -0.521. The van der Waals surface area contributed by atoms with Crippen LogP contribution in [0.15, 0.2) is 60.8 Å². The monoisotopic (exact) mass is 590 g/mol. The number of alkyl halides is 4. The standard InChI is InChI=1S/C27H26F4N6O5/c28-26(29)21-15-18(3-6-23(21)41-27(30,31)42-26)36-25(39)35-17-1-4-19(5-2-17)40-20-7-8-33-22(16-20)24(38)34-11-14-37-12-9-32-10-13-37/h1-8,15-16,32H,9-14H2,(H,34,38)(H2,35,36,39). The minimum absolute atomic E-state index is 0.107. The number of amides is 3. The molecule has 0 aliphatic carbocycles. The molecule has 3 aromatic rings. The van der Waals surface area contributed by atoms with E-state index in [4.69, 9.17) is 4.74 Å². The molecule has 42 heavy (non-hydrogen) atoms. The first kappa shape index (κ1) is 29.0. The molecule has 0 radical (unpaired) electrons. The van der Waals surface area contributed by atoms with Crippen molar-refractivity contribution in [2.45, 2.75) is 12.4 Å². The van der Waals surface area contributed by atoms with Crippen molar-refractivity contribution in [3.05, 3.63) is 72.1 Å². The molecule has 2 aromatic carbocycles. The highest BCUT2D eigenvalue weighted by Crippen LogP contribution is 2.46. The van der Waals surface area contributed by atoms with E-state index >= 15 is 0 Å². The summed E-state index contributed by atoms with van der Waals surface area (Å²) in [5, 5.41) is 11.0. The predicted molar refractivity (Wildman–Crippen MR) is 142 cm³/mol. The zero-order valence-corrected chi connectivity index (χ0v) is 22.0. The number of benzene rings is 2. The van der Waals surface area contributed by atoms with Gasteiger partial charge in [0.25, 0.3) is 5.91 Å². The molecule has 1 aromatic heterocycles. The quantitative estimate of drug-likeness (QED) is 0.288. The molecular formula is C27H26F4N6O5. The van der Waals surface area contributed by atoms with Gasteiger partial charge in [-0.1, -0.05) is 0 Å². The van der Waals surface area contributed by atoms with E-state index < -0.39 is 29.7 Å². The molecule has 0 atom stereocenters. The highest BCUT2D eigenvalue weighted by atomic mass is 19.3. The summed E-state index contributed by atoms with van der Waals surface area (Å²) >= 11 is 0. The molecule has 3 amide bonds. The smallest absolute Gasteiger partial charge is 0.457 e. The van der Waals surface area contributed by atoms with Crippen molar-refractivity contribution in [1.82, 2.24) is 20.5 Å². The average Bonchev–Trinajstić information content (AvgIpc) is 2.94. The number of fused-ring (bicyclic) bond motifs is 1. The molecule has 2 aliphatic rings. The van der Waals surface area contributed by atoms with Gasteiger partial charge in [-0.3, -0.25) is 14.7 Å². The topological polar surface area (TPSA) is 126 Å². The molecule has 0 bridgehead atoms. The van der Waals surface area contributed by atoms with Crippen LogP contribution in [0.5, 0.6) is 17.2 Å². The van der Waals surface area contributed by atoms with Gasteiger partial charge in [0.1, 0.15) is 22.9 Å². The maximum Gasteiger partial charge on any atom is 0.540 e. The van der Waals surface area contributed by atoms with Gasteiger partial charge in [0, 0.05) is 62.9 Å². The number of aromatic nitrogens is 1. The number of urea groups is 1. The number of rotatable bonds is 8. The van der Waals surface area contributed by atoms with Gasteiger partial charge in [-0.2, -0.15) is 8.78 Å². The van der Waals surface area contributed by atoms with E-state index in [1.807, 2.05) is 0 Å². The van der Waals surface area contributed by atoms with Crippen LogP contribution in [0.25, 0.3) is 0 Å². The minimum atomic E-state index is -4.49. The first-order valence-corrected chi connectivity index (χ1v) is 12.9.